The third-order valence-corrected chi connectivity index (χ3v) is 4.30. The highest BCUT2D eigenvalue weighted by atomic mass is 79.9. The number of thiocarbonyl (C=S) groups is 1. The fourth-order valence-corrected chi connectivity index (χ4v) is 2.89. The van der Waals surface area contributed by atoms with Crippen LogP contribution < -0.4 is 5.32 Å². The van der Waals surface area contributed by atoms with Gasteiger partial charge in [-0.05, 0) is 42.9 Å². The van der Waals surface area contributed by atoms with Crippen LogP contribution in [0.15, 0.2) is 51.0 Å². The van der Waals surface area contributed by atoms with Crippen LogP contribution in [-0.2, 0) is 4.79 Å². The van der Waals surface area contributed by atoms with E-state index >= 15 is 0 Å². The number of rotatable bonds is 4. The van der Waals surface area contributed by atoms with Crippen molar-refractivity contribution in [1.82, 2.24) is 10.2 Å². The van der Waals surface area contributed by atoms with Crippen molar-refractivity contribution in [2.45, 2.75) is 13.3 Å². The predicted molar refractivity (Wildman–Crippen MR) is 97.6 cm³/mol. The van der Waals surface area contributed by atoms with Gasteiger partial charge in [0.15, 0.2) is 5.11 Å². The van der Waals surface area contributed by atoms with E-state index < -0.39 is 0 Å². The molecule has 1 aliphatic rings. The minimum atomic E-state index is -0.113. The summed E-state index contributed by atoms with van der Waals surface area (Å²) >= 11 is 8.60. The monoisotopic (exact) mass is 390 g/mol. The molecule has 1 saturated heterocycles. The molecular weight excluding hydrogens is 376 g/mol. The van der Waals surface area contributed by atoms with Crippen molar-refractivity contribution in [3.8, 4) is 11.3 Å². The number of halogens is 1. The maximum absolute atomic E-state index is 12.3. The fourth-order valence-electron chi connectivity index (χ4n) is 2.34. The highest BCUT2D eigenvalue weighted by Crippen LogP contribution is 2.25. The number of hydrogen-bond donors (Lipinski definition) is 1. The maximum Gasteiger partial charge on any atom is 0.276 e. The molecule has 0 radical (unpaired) electrons. The topological polar surface area (TPSA) is 45.5 Å². The summed E-state index contributed by atoms with van der Waals surface area (Å²) in [4.78, 5) is 13.9. The van der Waals surface area contributed by atoms with Crippen LogP contribution in [0.3, 0.4) is 0 Å². The molecular formula is C17H15BrN2O2S. The Morgan fingerprint density at radius 3 is 2.70 bits per heavy atom. The lowest BCUT2D eigenvalue weighted by atomic mass is 10.2. The van der Waals surface area contributed by atoms with Crippen molar-refractivity contribution in [1.29, 1.82) is 0 Å². The number of nitrogens with one attached hydrogen (secondary N) is 1. The molecule has 0 unspecified atom stereocenters. The normalized spacial score (nSPS) is 16.3. The zero-order valence-corrected chi connectivity index (χ0v) is 14.9. The summed E-state index contributed by atoms with van der Waals surface area (Å²) in [7, 11) is 0. The van der Waals surface area contributed by atoms with Crippen LogP contribution in [0, 0.1) is 0 Å². The Balaban J connectivity index is 1.82. The van der Waals surface area contributed by atoms with Gasteiger partial charge in [-0.1, -0.05) is 35.0 Å². The van der Waals surface area contributed by atoms with Gasteiger partial charge in [0.25, 0.3) is 5.91 Å². The predicted octanol–water partition coefficient (Wildman–Crippen LogP) is 4.18. The number of furan rings is 1. The molecule has 1 aromatic carbocycles. The Labute approximate surface area is 148 Å². The summed E-state index contributed by atoms with van der Waals surface area (Å²) in [6.07, 6.45) is 2.54. The van der Waals surface area contributed by atoms with Crippen LogP contribution in [0.1, 0.15) is 19.1 Å². The van der Waals surface area contributed by atoms with Crippen LogP contribution in [-0.4, -0.2) is 22.5 Å². The minimum absolute atomic E-state index is 0.113. The molecule has 23 heavy (non-hydrogen) atoms. The van der Waals surface area contributed by atoms with E-state index in [1.54, 1.807) is 11.0 Å². The van der Waals surface area contributed by atoms with Crippen LogP contribution >= 0.6 is 28.1 Å². The van der Waals surface area contributed by atoms with E-state index in [-0.39, 0.29) is 5.91 Å². The van der Waals surface area contributed by atoms with E-state index in [0.29, 0.717) is 23.1 Å². The first kappa shape index (κ1) is 16.0. The van der Waals surface area contributed by atoms with Gasteiger partial charge < -0.3 is 9.73 Å². The minimum Gasteiger partial charge on any atom is -0.457 e. The lowest BCUT2D eigenvalue weighted by Gasteiger charge is -2.11. The molecule has 1 aliphatic heterocycles. The molecule has 0 atom stereocenters. The van der Waals surface area contributed by atoms with Crippen molar-refractivity contribution < 1.29 is 9.21 Å². The van der Waals surface area contributed by atoms with E-state index in [1.165, 1.54) is 0 Å². The summed E-state index contributed by atoms with van der Waals surface area (Å²) in [6, 6.07) is 11.6. The number of amides is 1. The molecule has 1 amide bonds. The first-order valence-corrected chi connectivity index (χ1v) is 8.49. The van der Waals surface area contributed by atoms with Gasteiger partial charge in [-0.3, -0.25) is 9.69 Å². The number of hydrogen-bond acceptors (Lipinski definition) is 3. The van der Waals surface area contributed by atoms with E-state index in [9.17, 15) is 4.79 Å². The van der Waals surface area contributed by atoms with Gasteiger partial charge in [-0.15, -0.1) is 0 Å². The number of benzene rings is 1. The van der Waals surface area contributed by atoms with E-state index in [0.717, 1.165) is 22.2 Å². The van der Waals surface area contributed by atoms with E-state index in [4.69, 9.17) is 16.6 Å². The number of carbonyl (C=O) groups excluding carboxylic acids is 1. The number of nitrogens with zero attached hydrogens (tertiary/aromatic N) is 1. The summed E-state index contributed by atoms with van der Waals surface area (Å²) in [5, 5.41) is 3.39. The average molecular weight is 391 g/mol. The molecule has 0 spiro atoms. The molecule has 6 heteroatoms. The van der Waals surface area contributed by atoms with Gasteiger partial charge >= 0.3 is 0 Å². The van der Waals surface area contributed by atoms with Crippen LogP contribution in [0.25, 0.3) is 17.4 Å². The van der Waals surface area contributed by atoms with Crippen molar-refractivity contribution in [2.75, 3.05) is 6.54 Å². The zero-order chi connectivity index (χ0) is 16.4. The lowest BCUT2D eigenvalue weighted by molar-refractivity contribution is -0.122. The standard InChI is InChI=1S/C17H15BrN2O2S/c1-2-9-20-16(21)14(19-17(20)23)10-13-7-8-15(22-13)11-3-5-12(18)6-4-11/h3-8,10H,2,9H2,1H3,(H,19,23)/b14-10-. The fraction of sp³-hybridized carbons (Fsp3) is 0.176. The summed E-state index contributed by atoms with van der Waals surface area (Å²) in [5.74, 6) is 1.25. The van der Waals surface area contributed by atoms with Gasteiger partial charge in [-0.25, -0.2) is 0 Å². The molecule has 0 bridgehead atoms. The van der Waals surface area contributed by atoms with Gasteiger partial charge in [0.1, 0.15) is 17.2 Å². The Kier molecular flexibility index (Phi) is 4.63. The number of carbonyl (C=O) groups is 1. The van der Waals surface area contributed by atoms with E-state index in [1.807, 2.05) is 43.3 Å². The highest BCUT2D eigenvalue weighted by Gasteiger charge is 2.29. The maximum atomic E-state index is 12.3. The summed E-state index contributed by atoms with van der Waals surface area (Å²) < 4.78 is 6.82. The molecule has 0 aliphatic carbocycles. The zero-order valence-electron chi connectivity index (χ0n) is 12.5. The van der Waals surface area contributed by atoms with Gasteiger partial charge in [-0.2, -0.15) is 0 Å². The van der Waals surface area contributed by atoms with Gasteiger partial charge in [0.05, 0.1) is 0 Å². The van der Waals surface area contributed by atoms with Crippen molar-refractivity contribution in [3.05, 3.63) is 52.3 Å². The Hall–Kier alpha value is -1.92. The average Bonchev–Trinajstić information content (AvgIpc) is 3.09. The molecule has 1 N–H and O–H groups in total. The first-order chi connectivity index (χ1) is 11.1. The molecule has 118 valence electrons. The Bertz CT molecular complexity index is 780. The van der Waals surface area contributed by atoms with Crippen LogP contribution in [0.2, 0.25) is 0 Å². The molecule has 0 saturated carbocycles. The first-order valence-electron chi connectivity index (χ1n) is 7.29. The van der Waals surface area contributed by atoms with Crippen LogP contribution in [0.5, 0.6) is 0 Å². The molecule has 3 rings (SSSR count). The quantitative estimate of drug-likeness (QED) is 0.628. The van der Waals surface area contributed by atoms with Gasteiger partial charge in [0, 0.05) is 22.7 Å². The second kappa shape index (κ2) is 6.68. The molecule has 4 nitrogen and oxygen atoms in total. The highest BCUT2D eigenvalue weighted by molar-refractivity contribution is 9.10. The molecule has 2 heterocycles. The third kappa shape index (κ3) is 3.38. The second-order valence-corrected chi connectivity index (χ2v) is 6.46. The van der Waals surface area contributed by atoms with Crippen molar-refractivity contribution in [3.63, 3.8) is 0 Å². The Morgan fingerprint density at radius 2 is 2.00 bits per heavy atom. The van der Waals surface area contributed by atoms with E-state index in [2.05, 4.69) is 21.2 Å². The lowest BCUT2D eigenvalue weighted by Crippen LogP contribution is -2.31. The van der Waals surface area contributed by atoms with Gasteiger partial charge in [0.2, 0.25) is 0 Å². The van der Waals surface area contributed by atoms with Crippen molar-refractivity contribution in [2.24, 2.45) is 0 Å². The largest absolute Gasteiger partial charge is 0.457 e. The van der Waals surface area contributed by atoms with Crippen LogP contribution in [0.4, 0.5) is 0 Å². The summed E-state index contributed by atoms with van der Waals surface area (Å²) in [6.45, 7) is 2.62. The Morgan fingerprint density at radius 1 is 1.26 bits per heavy atom. The second-order valence-electron chi connectivity index (χ2n) is 5.15. The third-order valence-electron chi connectivity index (χ3n) is 3.45. The van der Waals surface area contributed by atoms with Crippen molar-refractivity contribution >= 4 is 45.2 Å². The molecule has 1 fully saturated rings. The smallest absolute Gasteiger partial charge is 0.276 e. The molecule has 2 aromatic rings. The SMILES string of the molecule is CCCN1C(=O)/C(=C/c2ccc(-c3ccc(Br)cc3)o2)NC1=S. The molecule has 1 aromatic heterocycles. The summed E-state index contributed by atoms with van der Waals surface area (Å²) in [5.41, 5.74) is 1.42.